The largest absolute Gasteiger partial charge is 0.477 e. The predicted molar refractivity (Wildman–Crippen MR) is 89.5 cm³/mol. The number of benzene rings is 1. The third kappa shape index (κ3) is 5.09. The summed E-state index contributed by atoms with van der Waals surface area (Å²) in [4.78, 5) is 7.63. The van der Waals surface area contributed by atoms with Gasteiger partial charge in [-0.25, -0.2) is 4.98 Å². The molecular formula is C16H17BrF3N3O. The molecule has 0 spiro atoms. The van der Waals surface area contributed by atoms with Crippen molar-refractivity contribution in [1.29, 1.82) is 0 Å². The molecule has 0 saturated carbocycles. The first-order valence-corrected chi connectivity index (χ1v) is 8.29. The SMILES string of the molecule is CCCCCOc1nc(Nc2ccccc2Br)ncc1C(F)(F)F. The average molecular weight is 404 g/mol. The Kier molecular flexibility index (Phi) is 6.42. The normalized spacial score (nSPS) is 11.4. The lowest BCUT2D eigenvalue weighted by Crippen LogP contribution is -2.13. The molecule has 0 aliphatic rings. The summed E-state index contributed by atoms with van der Waals surface area (Å²) in [7, 11) is 0. The van der Waals surface area contributed by atoms with Crippen LogP contribution in [0.1, 0.15) is 31.7 Å². The predicted octanol–water partition coefficient (Wildman–Crippen LogP) is 5.57. The van der Waals surface area contributed by atoms with Crippen molar-refractivity contribution in [2.24, 2.45) is 0 Å². The maximum atomic E-state index is 13.1. The van der Waals surface area contributed by atoms with Crippen LogP contribution in [0.3, 0.4) is 0 Å². The molecule has 0 amide bonds. The summed E-state index contributed by atoms with van der Waals surface area (Å²) < 4.78 is 45.2. The van der Waals surface area contributed by atoms with Crippen LogP contribution in [0.5, 0.6) is 5.88 Å². The second-order valence-electron chi connectivity index (χ2n) is 5.07. The van der Waals surface area contributed by atoms with Gasteiger partial charge in [-0.1, -0.05) is 31.9 Å². The zero-order chi connectivity index (χ0) is 17.6. The highest BCUT2D eigenvalue weighted by Gasteiger charge is 2.36. The summed E-state index contributed by atoms with van der Waals surface area (Å²) in [6.45, 7) is 2.19. The van der Waals surface area contributed by atoms with Crippen molar-refractivity contribution >= 4 is 27.6 Å². The number of hydrogen-bond acceptors (Lipinski definition) is 4. The van der Waals surface area contributed by atoms with Gasteiger partial charge in [0.05, 0.1) is 12.3 Å². The molecule has 0 saturated heterocycles. The topological polar surface area (TPSA) is 47.0 Å². The van der Waals surface area contributed by atoms with Crippen molar-refractivity contribution in [3.05, 3.63) is 40.5 Å². The molecule has 0 radical (unpaired) electrons. The second-order valence-corrected chi connectivity index (χ2v) is 5.92. The van der Waals surface area contributed by atoms with Crippen LogP contribution in [0.25, 0.3) is 0 Å². The molecule has 8 heteroatoms. The van der Waals surface area contributed by atoms with Gasteiger partial charge < -0.3 is 10.1 Å². The lowest BCUT2D eigenvalue weighted by molar-refractivity contribution is -0.139. The van der Waals surface area contributed by atoms with Gasteiger partial charge in [-0.05, 0) is 34.5 Å². The molecule has 1 aromatic carbocycles. The summed E-state index contributed by atoms with van der Waals surface area (Å²) in [5.74, 6) is -0.413. The van der Waals surface area contributed by atoms with Crippen LogP contribution in [-0.4, -0.2) is 16.6 Å². The molecule has 0 bridgehead atoms. The van der Waals surface area contributed by atoms with Gasteiger partial charge in [0.1, 0.15) is 5.56 Å². The quantitative estimate of drug-likeness (QED) is 0.613. The second kappa shape index (κ2) is 8.32. The molecule has 130 valence electrons. The van der Waals surface area contributed by atoms with E-state index in [-0.39, 0.29) is 12.6 Å². The van der Waals surface area contributed by atoms with E-state index >= 15 is 0 Å². The van der Waals surface area contributed by atoms with Gasteiger partial charge in [-0.2, -0.15) is 18.2 Å². The summed E-state index contributed by atoms with van der Waals surface area (Å²) in [6.07, 6.45) is -1.32. The van der Waals surface area contributed by atoms with Crippen molar-refractivity contribution < 1.29 is 17.9 Å². The van der Waals surface area contributed by atoms with Crippen molar-refractivity contribution in [3.63, 3.8) is 0 Å². The molecule has 1 N–H and O–H groups in total. The van der Waals surface area contributed by atoms with E-state index in [1.165, 1.54) is 0 Å². The van der Waals surface area contributed by atoms with Crippen LogP contribution in [0.15, 0.2) is 34.9 Å². The van der Waals surface area contributed by atoms with Crippen LogP contribution in [0, 0.1) is 0 Å². The summed E-state index contributed by atoms with van der Waals surface area (Å²) >= 11 is 3.35. The Labute approximate surface area is 146 Å². The first kappa shape index (κ1) is 18.5. The first-order chi connectivity index (χ1) is 11.4. The average Bonchev–Trinajstić information content (AvgIpc) is 2.53. The molecule has 1 aromatic heterocycles. The van der Waals surface area contributed by atoms with E-state index in [0.717, 1.165) is 23.5 Å². The van der Waals surface area contributed by atoms with E-state index in [1.807, 2.05) is 13.0 Å². The highest BCUT2D eigenvalue weighted by atomic mass is 79.9. The Balaban J connectivity index is 2.23. The molecule has 2 rings (SSSR count). The highest BCUT2D eigenvalue weighted by molar-refractivity contribution is 9.10. The number of aromatic nitrogens is 2. The number of ether oxygens (including phenoxy) is 1. The minimum Gasteiger partial charge on any atom is -0.477 e. The minimum absolute atomic E-state index is 0.0420. The fourth-order valence-corrected chi connectivity index (χ4v) is 2.32. The first-order valence-electron chi connectivity index (χ1n) is 7.50. The smallest absolute Gasteiger partial charge is 0.423 e. The Morgan fingerprint density at radius 2 is 1.96 bits per heavy atom. The fraction of sp³-hybridized carbons (Fsp3) is 0.375. The zero-order valence-corrected chi connectivity index (χ0v) is 14.6. The third-order valence-corrected chi connectivity index (χ3v) is 3.86. The van der Waals surface area contributed by atoms with Gasteiger partial charge in [-0.15, -0.1) is 0 Å². The van der Waals surface area contributed by atoms with Crippen molar-refractivity contribution in [3.8, 4) is 5.88 Å². The summed E-state index contributed by atoms with van der Waals surface area (Å²) in [5, 5.41) is 2.88. The Morgan fingerprint density at radius 1 is 1.21 bits per heavy atom. The molecule has 1 heterocycles. The number of nitrogens with zero attached hydrogens (tertiary/aromatic N) is 2. The zero-order valence-electron chi connectivity index (χ0n) is 13.0. The van der Waals surface area contributed by atoms with Crippen LogP contribution in [-0.2, 0) is 6.18 Å². The standard InChI is InChI=1S/C16H17BrF3N3O/c1-2-3-6-9-24-14-11(16(18,19)20)10-21-15(23-14)22-13-8-5-4-7-12(13)17/h4-5,7-8,10H,2-3,6,9H2,1H3,(H,21,22,23). The number of alkyl halides is 3. The van der Waals surface area contributed by atoms with Crippen LogP contribution in [0.2, 0.25) is 0 Å². The highest BCUT2D eigenvalue weighted by Crippen LogP contribution is 2.35. The van der Waals surface area contributed by atoms with Gasteiger partial charge in [0.2, 0.25) is 11.8 Å². The molecule has 2 aromatic rings. The van der Waals surface area contributed by atoms with Crippen LogP contribution >= 0.6 is 15.9 Å². The number of rotatable bonds is 7. The van der Waals surface area contributed by atoms with E-state index in [2.05, 4.69) is 31.2 Å². The molecule has 0 aliphatic carbocycles. The van der Waals surface area contributed by atoms with Gasteiger partial charge in [-0.3, -0.25) is 0 Å². The Morgan fingerprint density at radius 3 is 2.62 bits per heavy atom. The number of halogens is 4. The Bertz CT molecular complexity index is 680. The molecule has 4 nitrogen and oxygen atoms in total. The molecule has 0 aliphatic heterocycles. The van der Waals surface area contributed by atoms with Gasteiger partial charge in [0.15, 0.2) is 0 Å². The maximum absolute atomic E-state index is 13.1. The molecule has 24 heavy (non-hydrogen) atoms. The van der Waals surface area contributed by atoms with Crippen LogP contribution < -0.4 is 10.1 Å². The Hall–Kier alpha value is -1.83. The number of para-hydroxylation sites is 1. The number of anilines is 2. The fourth-order valence-electron chi connectivity index (χ4n) is 1.93. The van der Waals surface area contributed by atoms with E-state index in [0.29, 0.717) is 12.1 Å². The molecule has 0 atom stereocenters. The minimum atomic E-state index is -4.56. The number of nitrogens with one attached hydrogen (secondary N) is 1. The van der Waals surface area contributed by atoms with Gasteiger partial charge in [0, 0.05) is 10.7 Å². The lowest BCUT2D eigenvalue weighted by atomic mass is 10.3. The summed E-state index contributed by atoms with van der Waals surface area (Å²) in [6, 6.07) is 7.17. The van der Waals surface area contributed by atoms with Crippen LogP contribution in [0.4, 0.5) is 24.8 Å². The lowest BCUT2D eigenvalue weighted by Gasteiger charge is -2.14. The van der Waals surface area contributed by atoms with Crippen molar-refractivity contribution in [1.82, 2.24) is 9.97 Å². The number of hydrogen-bond donors (Lipinski definition) is 1. The third-order valence-electron chi connectivity index (χ3n) is 3.17. The molecule has 0 unspecified atom stereocenters. The van der Waals surface area contributed by atoms with Crippen molar-refractivity contribution in [2.75, 3.05) is 11.9 Å². The van der Waals surface area contributed by atoms with Gasteiger partial charge in [0.25, 0.3) is 0 Å². The van der Waals surface area contributed by atoms with E-state index in [4.69, 9.17) is 4.74 Å². The van der Waals surface area contributed by atoms with Gasteiger partial charge >= 0.3 is 6.18 Å². The van der Waals surface area contributed by atoms with E-state index in [9.17, 15) is 13.2 Å². The summed E-state index contributed by atoms with van der Waals surface area (Å²) in [5.41, 5.74) is -0.328. The number of unbranched alkanes of at least 4 members (excludes halogenated alkanes) is 2. The van der Waals surface area contributed by atoms with Crippen molar-refractivity contribution in [2.45, 2.75) is 32.4 Å². The van der Waals surface area contributed by atoms with E-state index in [1.54, 1.807) is 18.2 Å². The maximum Gasteiger partial charge on any atom is 0.423 e. The van der Waals surface area contributed by atoms with E-state index < -0.39 is 17.6 Å². The molecular weight excluding hydrogens is 387 g/mol. The molecule has 0 fully saturated rings. The monoisotopic (exact) mass is 403 g/mol.